The number of hydrogen-bond donors (Lipinski definition) is 10. The molecule has 0 bridgehead atoms. The zero-order valence-corrected chi connectivity index (χ0v) is 32.5. The maximum Gasteiger partial charge on any atom is 0.327 e. The average Bonchev–Trinajstić information content (AvgIpc) is 3.09. The van der Waals surface area contributed by atoms with Gasteiger partial charge in [-0.1, -0.05) is 66.2 Å². The van der Waals surface area contributed by atoms with Gasteiger partial charge in [-0.3, -0.25) is 38.4 Å². The minimum Gasteiger partial charge on any atom is -0.481 e. The highest BCUT2D eigenvalue weighted by molar-refractivity contribution is 7.80. The van der Waals surface area contributed by atoms with E-state index in [4.69, 9.17) is 0 Å². The Balaban J connectivity index is 3.34. The predicted octanol–water partition coefficient (Wildman–Crippen LogP) is 0.332. The lowest BCUT2D eigenvalue weighted by molar-refractivity contribution is -0.142. The Morgan fingerprint density at radius 1 is 0.648 bits per heavy atom. The lowest BCUT2D eigenvalue weighted by Gasteiger charge is -2.31. The minimum absolute atomic E-state index is 0.0482. The molecule has 0 aromatic rings. The van der Waals surface area contributed by atoms with Crippen LogP contribution in [-0.4, -0.2) is 111 Å². The van der Waals surface area contributed by atoms with Crippen molar-refractivity contribution in [2.24, 2.45) is 17.8 Å². The maximum absolute atomic E-state index is 13.9. The number of carbonyl (C=O) groups excluding carboxylic acids is 6. The van der Waals surface area contributed by atoms with Crippen molar-refractivity contribution in [2.75, 3.05) is 5.75 Å². The molecule has 0 aromatic heterocycles. The molecule has 0 unspecified atom stereocenters. The molecular formula is C35H58N6O12S. The van der Waals surface area contributed by atoms with Gasteiger partial charge < -0.3 is 47.2 Å². The molecule has 7 atom stereocenters. The molecule has 19 heteroatoms. The molecule has 0 saturated heterocycles. The number of carbonyl (C=O) groups is 9. The number of carboxylic acid groups (broad SMARTS) is 3. The molecule has 54 heavy (non-hydrogen) atoms. The van der Waals surface area contributed by atoms with Crippen molar-refractivity contribution in [3.63, 3.8) is 0 Å². The summed E-state index contributed by atoms with van der Waals surface area (Å²) in [5, 5.41) is 42.8. The van der Waals surface area contributed by atoms with Crippen molar-refractivity contribution in [3.05, 3.63) is 0 Å². The van der Waals surface area contributed by atoms with Gasteiger partial charge in [0.05, 0.1) is 6.42 Å². The molecule has 1 aliphatic rings. The van der Waals surface area contributed by atoms with Crippen LogP contribution in [0.3, 0.4) is 0 Å². The fourth-order valence-electron chi connectivity index (χ4n) is 6.08. The summed E-state index contributed by atoms with van der Waals surface area (Å²) in [5.41, 5.74) is 0. The van der Waals surface area contributed by atoms with Gasteiger partial charge in [-0.05, 0) is 37.0 Å². The molecular weight excluding hydrogens is 728 g/mol. The SMILES string of the molecule is CC[C@H](C)[C@H](NC(=O)[C@H](CC(C)C)NC(=O)[C@@H](CCC(=O)O)NC(=O)[C@H](CC(=O)O)NC(C)=O)C(=O)N[C@@H](CC1CCCCC1)C(=O)N[C@H](CS)C(=O)O. The largest absolute Gasteiger partial charge is 0.481 e. The maximum atomic E-state index is 13.9. The Labute approximate surface area is 320 Å². The van der Waals surface area contributed by atoms with Crippen LogP contribution in [0.2, 0.25) is 0 Å². The zero-order chi connectivity index (χ0) is 41.1. The van der Waals surface area contributed by atoms with E-state index in [1.807, 2.05) is 0 Å². The van der Waals surface area contributed by atoms with Gasteiger partial charge in [-0.15, -0.1) is 0 Å². The highest BCUT2D eigenvalue weighted by Gasteiger charge is 2.36. The van der Waals surface area contributed by atoms with E-state index in [0.29, 0.717) is 6.42 Å². The van der Waals surface area contributed by atoms with Gasteiger partial charge in [0.15, 0.2) is 0 Å². The third-order valence-electron chi connectivity index (χ3n) is 9.21. The Morgan fingerprint density at radius 3 is 1.67 bits per heavy atom. The Morgan fingerprint density at radius 2 is 1.17 bits per heavy atom. The van der Waals surface area contributed by atoms with Crippen LogP contribution < -0.4 is 31.9 Å². The number of aliphatic carboxylic acids is 3. The van der Waals surface area contributed by atoms with Crippen molar-refractivity contribution in [1.29, 1.82) is 0 Å². The molecule has 6 amide bonds. The first-order chi connectivity index (χ1) is 25.3. The van der Waals surface area contributed by atoms with Crippen LogP contribution in [0.15, 0.2) is 0 Å². The number of nitrogens with one attached hydrogen (secondary N) is 6. The summed E-state index contributed by atoms with van der Waals surface area (Å²) in [4.78, 5) is 114. The molecule has 1 saturated carbocycles. The number of hydrogen-bond acceptors (Lipinski definition) is 10. The molecule has 18 nitrogen and oxygen atoms in total. The van der Waals surface area contributed by atoms with Gasteiger partial charge >= 0.3 is 17.9 Å². The van der Waals surface area contributed by atoms with Crippen molar-refractivity contribution >= 4 is 66.0 Å². The van der Waals surface area contributed by atoms with Crippen LogP contribution >= 0.6 is 12.6 Å². The van der Waals surface area contributed by atoms with Crippen molar-refractivity contribution in [3.8, 4) is 0 Å². The summed E-state index contributed by atoms with van der Waals surface area (Å²) >= 11 is 4.01. The molecule has 0 radical (unpaired) electrons. The van der Waals surface area contributed by atoms with Crippen LogP contribution in [0.25, 0.3) is 0 Å². The summed E-state index contributed by atoms with van der Waals surface area (Å²) in [7, 11) is 0. The quantitative estimate of drug-likeness (QED) is 0.0593. The van der Waals surface area contributed by atoms with E-state index < -0.39 is 115 Å². The van der Waals surface area contributed by atoms with E-state index in [1.54, 1.807) is 27.7 Å². The van der Waals surface area contributed by atoms with Crippen LogP contribution in [0.5, 0.6) is 0 Å². The smallest absolute Gasteiger partial charge is 0.327 e. The summed E-state index contributed by atoms with van der Waals surface area (Å²) in [6.07, 6.45) is 3.47. The van der Waals surface area contributed by atoms with E-state index in [2.05, 4.69) is 44.5 Å². The first-order valence-corrected chi connectivity index (χ1v) is 19.0. The highest BCUT2D eigenvalue weighted by Crippen LogP contribution is 2.27. The second kappa shape index (κ2) is 24.1. The van der Waals surface area contributed by atoms with Crippen molar-refractivity contribution in [1.82, 2.24) is 31.9 Å². The van der Waals surface area contributed by atoms with E-state index in [0.717, 1.165) is 39.0 Å². The average molecular weight is 787 g/mol. The Bertz CT molecular complexity index is 1330. The van der Waals surface area contributed by atoms with Crippen molar-refractivity contribution < 1.29 is 58.5 Å². The van der Waals surface area contributed by atoms with E-state index in [1.165, 1.54) is 0 Å². The number of carboxylic acids is 3. The lowest BCUT2D eigenvalue weighted by atomic mass is 9.84. The summed E-state index contributed by atoms with van der Waals surface area (Å²) in [6, 6.07) is -8.04. The van der Waals surface area contributed by atoms with Crippen LogP contribution in [0.1, 0.15) is 105 Å². The molecule has 0 aliphatic heterocycles. The van der Waals surface area contributed by atoms with Crippen LogP contribution in [-0.2, 0) is 43.2 Å². The van der Waals surface area contributed by atoms with Gasteiger partial charge in [0.2, 0.25) is 35.4 Å². The number of rotatable bonds is 24. The van der Waals surface area contributed by atoms with Gasteiger partial charge in [-0.25, -0.2) is 4.79 Å². The first kappa shape index (κ1) is 47.6. The third kappa shape index (κ3) is 17.6. The van der Waals surface area contributed by atoms with E-state index in [-0.39, 0.29) is 30.4 Å². The van der Waals surface area contributed by atoms with Gasteiger partial charge in [0.1, 0.15) is 36.3 Å². The second-order valence-corrected chi connectivity index (χ2v) is 14.7. The molecule has 0 spiro atoms. The first-order valence-electron chi connectivity index (χ1n) is 18.4. The summed E-state index contributed by atoms with van der Waals surface area (Å²) in [5.74, 6) is -9.70. The predicted molar refractivity (Wildman–Crippen MR) is 198 cm³/mol. The summed E-state index contributed by atoms with van der Waals surface area (Å²) in [6.45, 7) is 8.08. The molecule has 1 aliphatic carbocycles. The van der Waals surface area contributed by atoms with E-state index in [9.17, 15) is 58.5 Å². The Hall–Kier alpha value is -4.42. The van der Waals surface area contributed by atoms with Gasteiger partial charge in [0, 0.05) is 19.1 Å². The standard InChI is InChI=1S/C35H58N6O12S/c1-6-19(4)29(34(51)39-24(15-21-10-8-7-9-11-21)31(48)40-26(17-54)35(52)53)41-33(50)23(14-18(2)3)38-30(47)22(12-13-27(43)44)37-32(49)25(16-28(45)46)36-20(5)42/h18-19,21-26,29,54H,6-17H2,1-5H3,(H,36,42)(H,37,49)(H,38,47)(H,39,51)(H,40,48)(H,41,50)(H,43,44)(H,45,46)(H,52,53)/t19-,22+,23-,24-,25-,26+,29-/m0/s1. The molecule has 9 N–H and O–H groups in total. The third-order valence-corrected chi connectivity index (χ3v) is 9.57. The topological polar surface area (TPSA) is 286 Å². The molecule has 306 valence electrons. The molecule has 0 aromatic carbocycles. The van der Waals surface area contributed by atoms with Crippen molar-refractivity contribution in [2.45, 2.75) is 141 Å². The fourth-order valence-corrected chi connectivity index (χ4v) is 6.32. The monoisotopic (exact) mass is 786 g/mol. The molecule has 0 heterocycles. The summed E-state index contributed by atoms with van der Waals surface area (Å²) < 4.78 is 0. The van der Waals surface area contributed by atoms with Crippen LogP contribution in [0.4, 0.5) is 0 Å². The lowest BCUT2D eigenvalue weighted by Crippen LogP contribution is -2.61. The number of amides is 6. The molecule has 1 rings (SSSR count). The molecule has 1 fully saturated rings. The number of thiol groups is 1. The minimum atomic E-state index is -1.58. The normalized spacial score (nSPS) is 16.9. The Kier molecular flexibility index (Phi) is 21.2. The van der Waals surface area contributed by atoms with Crippen LogP contribution in [0, 0.1) is 17.8 Å². The van der Waals surface area contributed by atoms with E-state index >= 15 is 0 Å². The highest BCUT2D eigenvalue weighted by atomic mass is 32.1. The zero-order valence-electron chi connectivity index (χ0n) is 31.6. The second-order valence-electron chi connectivity index (χ2n) is 14.3. The van der Waals surface area contributed by atoms with Gasteiger partial charge in [-0.2, -0.15) is 12.6 Å². The van der Waals surface area contributed by atoms with Gasteiger partial charge in [0.25, 0.3) is 0 Å². The fraction of sp³-hybridized carbons (Fsp3) is 0.743.